The van der Waals surface area contributed by atoms with Crippen molar-refractivity contribution in [3.8, 4) is 5.75 Å². The Kier molecular flexibility index (Phi) is 5.89. The summed E-state index contributed by atoms with van der Waals surface area (Å²) in [6.07, 6.45) is 1.90. The zero-order valence-corrected chi connectivity index (χ0v) is 14.8. The number of carbonyl (C=O) groups is 2. The molecule has 5 nitrogen and oxygen atoms in total. The third kappa shape index (κ3) is 4.85. The molecule has 3 rings (SSSR count). The van der Waals surface area contributed by atoms with Crippen molar-refractivity contribution in [2.45, 2.75) is 38.3 Å². The molecular weight excluding hydrogens is 330 g/mol. The smallest absolute Gasteiger partial charge is 0.339 e. The van der Waals surface area contributed by atoms with Gasteiger partial charge in [-0.3, -0.25) is 4.79 Å². The summed E-state index contributed by atoms with van der Waals surface area (Å²) in [5, 5.41) is 2.91. The van der Waals surface area contributed by atoms with Crippen molar-refractivity contribution in [2.24, 2.45) is 0 Å². The van der Waals surface area contributed by atoms with Crippen LogP contribution < -0.4 is 10.1 Å². The van der Waals surface area contributed by atoms with Crippen molar-refractivity contribution < 1.29 is 19.1 Å². The normalized spacial score (nSPS) is 14.3. The third-order valence-corrected chi connectivity index (χ3v) is 4.05. The average molecular weight is 353 g/mol. The van der Waals surface area contributed by atoms with Crippen LogP contribution in [-0.2, 0) is 9.53 Å². The SMILES string of the molecule is CCCOc1ccc(C(=O)O[C@H](C(=O)NC2CC2)c2ccccc2)cc1. The second kappa shape index (κ2) is 8.52. The highest BCUT2D eigenvalue weighted by Gasteiger charge is 2.31. The van der Waals surface area contributed by atoms with Gasteiger partial charge in [0.05, 0.1) is 12.2 Å². The molecule has 1 amide bonds. The van der Waals surface area contributed by atoms with Crippen molar-refractivity contribution in [3.63, 3.8) is 0 Å². The quantitative estimate of drug-likeness (QED) is 0.736. The van der Waals surface area contributed by atoms with Crippen LogP contribution in [0.1, 0.15) is 48.2 Å². The molecule has 0 bridgehead atoms. The van der Waals surface area contributed by atoms with Gasteiger partial charge in [0.25, 0.3) is 5.91 Å². The van der Waals surface area contributed by atoms with Gasteiger partial charge < -0.3 is 14.8 Å². The Morgan fingerprint density at radius 1 is 1.08 bits per heavy atom. The molecule has 1 aliphatic carbocycles. The van der Waals surface area contributed by atoms with E-state index in [0.717, 1.165) is 19.3 Å². The summed E-state index contributed by atoms with van der Waals surface area (Å²) >= 11 is 0. The van der Waals surface area contributed by atoms with Gasteiger partial charge in [-0.1, -0.05) is 37.3 Å². The molecule has 0 heterocycles. The second-order valence-corrected chi connectivity index (χ2v) is 6.35. The van der Waals surface area contributed by atoms with E-state index in [1.807, 2.05) is 25.1 Å². The number of benzene rings is 2. The van der Waals surface area contributed by atoms with Crippen LogP contribution in [0, 0.1) is 0 Å². The third-order valence-electron chi connectivity index (χ3n) is 4.05. The zero-order valence-electron chi connectivity index (χ0n) is 14.8. The molecule has 0 aliphatic heterocycles. The minimum absolute atomic E-state index is 0.197. The van der Waals surface area contributed by atoms with Gasteiger partial charge in [-0.15, -0.1) is 0 Å². The Bertz CT molecular complexity index is 738. The summed E-state index contributed by atoms with van der Waals surface area (Å²) in [6.45, 7) is 2.66. The highest BCUT2D eigenvalue weighted by molar-refractivity contribution is 5.93. The molecule has 136 valence electrons. The molecule has 1 fully saturated rings. The Morgan fingerprint density at radius 3 is 2.38 bits per heavy atom. The summed E-state index contributed by atoms with van der Waals surface area (Å²) in [6, 6.07) is 16.0. The fourth-order valence-electron chi connectivity index (χ4n) is 2.49. The Morgan fingerprint density at radius 2 is 1.77 bits per heavy atom. The largest absolute Gasteiger partial charge is 0.494 e. The molecular formula is C21H23NO4. The zero-order chi connectivity index (χ0) is 18.4. The average Bonchev–Trinajstić information content (AvgIpc) is 3.49. The van der Waals surface area contributed by atoms with Crippen LogP contribution in [0.25, 0.3) is 0 Å². The van der Waals surface area contributed by atoms with E-state index in [4.69, 9.17) is 9.47 Å². The summed E-state index contributed by atoms with van der Waals surface area (Å²) in [5.74, 6) is -0.115. The number of rotatable bonds is 8. The minimum atomic E-state index is -0.958. The van der Waals surface area contributed by atoms with Crippen LogP contribution in [0.2, 0.25) is 0 Å². The van der Waals surface area contributed by atoms with Crippen LogP contribution in [0.5, 0.6) is 5.75 Å². The van der Waals surface area contributed by atoms with E-state index in [9.17, 15) is 9.59 Å². The lowest BCUT2D eigenvalue weighted by Crippen LogP contribution is -2.33. The predicted octanol–water partition coefficient (Wildman–Crippen LogP) is 3.65. The van der Waals surface area contributed by atoms with Crippen molar-refractivity contribution in [1.29, 1.82) is 0 Å². The molecule has 0 radical (unpaired) electrons. The number of nitrogens with one attached hydrogen (secondary N) is 1. The standard InChI is InChI=1S/C21H23NO4/c1-2-14-25-18-12-8-16(9-13-18)21(24)26-19(15-6-4-3-5-7-15)20(23)22-17-10-11-17/h3-9,12-13,17,19H,2,10-11,14H2,1H3,(H,22,23)/t19-/m0/s1. The van der Waals surface area contributed by atoms with E-state index in [1.165, 1.54) is 0 Å². The van der Waals surface area contributed by atoms with E-state index in [2.05, 4.69) is 5.32 Å². The fraction of sp³-hybridized carbons (Fsp3) is 0.333. The van der Waals surface area contributed by atoms with Crippen molar-refractivity contribution in [2.75, 3.05) is 6.61 Å². The van der Waals surface area contributed by atoms with E-state index in [0.29, 0.717) is 23.5 Å². The first kappa shape index (κ1) is 18.0. The molecule has 1 aliphatic rings. The van der Waals surface area contributed by atoms with Crippen LogP contribution in [0.4, 0.5) is 0 Å². The molecule has 1 saturated carbocycles. The Labute approximate surface area is 153 Å². The number of ether oxygens (including phenoxy) is 2. The number of carbonyl (C=O) groups excluding carboxylic acids is 2. The maximum Gasteiger partial charge on any atom is 0.339 e. The van der Waals surface area contributed by atoms with E-state index >= 15 is 0 Å². The number of amides is 1. The van der Waals surface area contributed by atoms with Gasteiger partial charge in [0.2, 0.25) is 6.10 Å². The molecule has 2 aromatic carbocycles. The van der Waals surface area contributed by atoms with E-state index < -0.39 is 12.1 Å². The first-order valence-electron chi connectivity index (χ1n) is 8.96. The van der Waals surface area contributed by atoms with Gasteiger partial charge in [0.15, 0.2) is 0 Å². The maximum atomic E-state index is 12.5. The van der Waals surface area contributed by atoms with Crippen LogP contribution in [-0.4, -0.2) is 24.5 Å². The fourth-order valence-corrected chi connectivity index (χ4v) is 2.49. The van der Waals surface area contributed by atoms with Gasteiger partial charge in [-0.05, 0) is 43.5 Å². The predicted molar refractivity (Wildman–Crippen MR) is 98.0 cm³/mol. The van der Waals surface area contributed by atoms with Crippen molar-refractivity contribution >= 4 is 11.9 Å². The van der Waals surface area contributed by atoms with Gasteiger partial charge >= 0.3 is 5.97 Å². The second-order valence-electron chi connectivity index (χ2n) is 6.35. The van der Waals surface area contributed by atoms with Gasteiger partial charge in [-0.25, -0.2) is 4.79 Å². The highest BCUT2D eigenvalue weighted by Crippen LogP contribution is 2.24. The number of hydrogen-bond donors (Lipinski definition) is 1. The van der Waals surface area contributed by atoms with Crippen LogP contribution in [0.15, 0.2) is 54.6 Å². The molecule has 0 saturated heterocycles. The van der Waals surface area contributed by atoms with Gasteiger partial charge in [0.1, 0.15) is 5.75 Å². The molecule has 1 atom stereocenters. The highest BCUT2D eigenvalue weighted by atomic mass is 16.5. The first-order valence-corrected chi connectivity index (χ1v) is 8.96. The molecule has 26 heavy (non-hydrogen) atoms. The Balaban J connectivity index is 1.71. The van der Waals surface area contributed by atoms with Crippen molar-refractivity contribution in [3.05, 3.63) is 65.7 Å². The maximum absolute atomic E-state index is 12.5. The molecule has 1 N–H and O–H groups in total. The topological polar surface area (TPSA) is 64.6 Å². The Hall–Kier alpha value is -2.82. The summed E-state index contributed by atoms with van der Waals surface area (Å²) < 4.78 is 11.1. The monoisotopic (exact) mass is 353 g/mol. The van der Waals surface area contributed by atoms with Crippen LogP contribution >= 0.6 is 0 Å². The lowest BCUT2D eigenvalue weighted by atomic mass is 10.1. The minimum Gasteiger partial charge on any atom is -0.494 e. The lowest BCUT2D eigenvalue weighted by Gasteiger charge is -2.18. The van der Waals surface area contributed by atoms with E-state index in [-0.39, 0.29) is 11.9 Å². The first-order chi connectivity index (χ1) is 12.7. The molecule has 0 unspecified atom stereocenters. The van der Waals surface area contributed by atoms with Gasteiger partial charge in [-0.2, -0.15) is 0 Å². The molecule has 0 aromatic heterocycles. The summed E-state index contributed by atoms with van der Waals surface area (Å²) in [4.78, 5) is 25.0. The van der Waals surface area contributed by atoms with Gasteiger partial charge in [0, 0.05) is 11.6 Å². The van der Waals surface area contributed by atoms with Crippen molar-refractivity contribution in [1.82, 2.24) is 5.32 Å². The summed E-state index contributed by atoms with van der Waals surface area (Å²) in [7, 11) is 0. The number of esters is 1. The summed E-state index contributed by atoms with van der Waals surface area (Å²) in [5.41, 5.74) is 1.04. The molecule has 5 heteroatoms. The molecule has 0 spiro atoms. The lowest BCUT2D eigenvalue weighted by molar-refractivity contribution is -0.130. The molecule has 2 aromatic rings. The van der Waals surface area contributed by atoms with E-state index in [1.54, 1.807) is 36.4 Å². The number of hydrogen-bond acceptors (Lipinski definition) is 4. The van der Waals surface area contributed by atoms with Crippen LogP contribution in [0.3, 0.4) is 0 Å².